The highest BCUT2D eigenvalue weighted by Gasteiger charge is 2.16. The van der Waals surface area contributed by atoms with Gasteiger partial charge in [0.1, 0.15) is 0 Å². The van der Waals surface area contributed by atoms with Crippen LogP contribution in [0.4, 0.5) is 0 Å². The van der Waals surface area contributed by atoms with Crippen molar-refractivity contribution in [2.75, 3.05) is 14.2 Å². The summed E-state index contributed by atoms with van der Waals surface area (Å²) >= 11 is 1.79. The zero-order valence-electron chi connectivity index (χ0n) is 13.1. The first kappa shape index (κ1) is 15.9. The number of rotatable bonds is 7. The Morgan fingerprint density at radius 1 is 1.14 bits per heavy atom. The lowest BCUT2D eigenvalue weighted by molar-refractivity contribution is 0.353. The second-order valence-corrected chi connectivity index (χ2v) is 5.96. The van der Waals surface area contributed by atoms with Gasteiger partial charge in [0.2, 0.25) is 0 Å². The molecule has 0 saturated heterocycles. The molecule has 0 aliphatic heterocycles. The van der Waals surface area contributed by atoms with Crippen LogP contribution in [-0.2, 0) is 0 Å². The van der Waals surface area contributed by atoms with E-state index >= 15 is 0 Å². The Morgan fingerprint density at radius 3 is 2.48 bits per heavy atom. The van der Waals surface area contributed by atoms with Crippen LogP contribution in [0, 0.1) is 0 Å². The molecule has 2 rings (SSSR count). The maximum absolute atomic E-state index is 5.40. The molecule has 0 saturated carbocycles. The number of hydrogen-bond acceptors (Lipinski definition) is 4. The molecule has 1 heterocycles. The van der Waals surface area contributed by atoms with Crippen molar-refractivity contribution in [1.82, 2.24) is 5.32 Å². The average molecular weight is 305 g/mol. The Hall–Kier alpha value is -1.52. The van der Waals surface area contributed by atoms with Crippen molar-refractivity contribution in [3.05, 3.63) is 46.2 Å². The Morgan fingerprint density at radius 2 is 1.90 bits per heavy atom. The predicted octanol–water partition coefficient (Wildman–Crippen LogP) is 4.57. The van der Waals surface area contributed by atoms with Gasteiger partial charge in [0.25, 0.3) is 0 Å². The largest absolute Gasteiger partial charge is 0.493 e. The molecule has 0 fully saturated rings. The molecule has 4 heteroatoms. The molecule has 0 aliphatic carbocycles. The van der Waals surface area contributed by atoms with Gasteiger partial charge in [-0.15, -0.1) is 11.3 Å². The van der Waals surface area contributed by atoms with Crippen LogP contribution in [0.25, 0.3) is 0 Å². The van der Waals surface area contributed by atoms with Crippen LogP contribution in [0.5, 0.6) is 11.5 Å². The average Bonchev–Trinajstić information content (AvgIpc) is 3.06. The number of hydrogen-bond donors (Lipinski definition) is 1. The molecule has 1 N–H and O–H groups in total. The van der Waals surface area contributed by atoms with E-state index in [0.29, 0.717) is 12.1 Å². The summed E-state index contributed by atoms with van der Waals surface area (Å²) in [4.78, 5) is 1.36. The lowest BCUT2D eigenvalue weighted by Gasteiger charge is -2.23. The summed E-state index contributed by atoms with van der Waals surface area (Å²) in [7, 11) is 3.33. The minimum absolute atomic E-state index is 0.293. The molecule has 0 aliphatic rings. The molecule has 0 bridgehead atoms. The Labute approximate surface area is 130 Å². The van der Waals surface area contributed by atoms with Crippen molar-refractivity contribution in [3.8, 4) is 11.5 Å². The molecular weight excluding hydrogens is 282 g/mol. The molecule has 2 aromatic rings. The quantitative estimate of drug-likeness (QED) is 0.813. The van der Waals surface area contributed by atoms with E-state index in [2.05, 4.69) is 48.8 Å². The van der Waals surface area contributed by atoms with Crippen molar-refractivity contribution in [3.63, 3.8) is 0 Å². The van der Waals surface area contributed by atoms with E-state index in [1.807, 2.05) is 6.07 Å². The zero-order valence-corrected chi connectivity index (χ0v) is 13.9. The summed E-state index contributed by atoms with van der Waals surface area (Å²) in [6, 6.07) is 11.0. The molecular formula is C17H23NO2S. The first-order chi connectivity index (χ1) is 10.2. The minimum Gasteiger partial charge on any atom is -0.493 e. The predicted molar refractivity (Wildman–Crippen MR) is 88.4 cm³/mol. The summed E-state index contributed by atoms with van der Waals surface area (Å²) in [5.41, 5.74) is 1.22. The van der Waals surface area contributed by atoms with Gasteiger partial charge in [0.05, 0.1) is 14.2 Å². The van der Waals surface area contributed by atoms with Crippen molar-refractivity contribution >= 4 is 11.3 Å². The normalized spacial score (nSPS) is 13.7. The monoisotopic (exact) mass is 305 g/mol. The number of nitrogens with one attached hydrogen (secondary N) is 1. The molecule has 2 atom stereocenters. The first-order valence-electron chi connectivity index (χ1n) is 7.21. The summed E-state index contributed by atoms with van der Waals surface area (Å²) < 4.78 is 10.7. The Balaban J connectivity index is 2.17. The molecule has 1 aromatic heterocycles. The zero-order chi connectivity index (χ0) is 15.2. The van der Waals surface area contributed by atoms with Gasteiger partial charge >= 0.3 is 0 Å². The van der Waals surface area contributed by atoms with Gasteiger partial charge in [-0.2, -0.15) is 0 Å². The van der Waals surface area contributed by atoms with Gasteiger partial charge in [-0.05, 0) is 42.5 Å². The fourth-order valence-electron chi connectivity index (χ4n) is 2.44. The van der Waals surface area contributed by atoms with Gasteiger partial charge in [0.15, 0.2) is 11.5 Å². The first-order valence-corrected chi connectivity index (χ1v) is 8.09. The Kier molecular flexibility index (Phi) is 5.65. The van der Waals surface area contributed by atoms with Crippen molar-refractivity contribution < 1.29 is 9.47 Å². The second-order valence-electron chi connectivity index (χ2n) is 4.98. The molecule has 114 valence electrons. The molecule has 0 radical (unpaired) electrons. The van der Waals surface area contributed by atoms with Gasteiger partial charge in [-0.3, -0.25) is 0 Å². The number of methoxy groups -OCH3 is 2. The van der Waals surface area contributed by atoms with Gasteiger partial charge in [-0.1, -0.05) is 19.1 Å². The van der Waals surface area contributed by atoms with Crippen LogP contribution >= 0.6 is 11.3 Å². The van der Waals surface area contributed by atoms with E-state index in [0.717, 1.165) is 17.9 Å². The highest BCUT2D eigenvalue weighted by atomic mass is 32.1. The summed E-state index contributed by atoms with van der Waals surface area (Å²) in [5, 5.41) is 5.80. The van der Waals surface area contributed by atoms with Crippen LogP contribution in [0.3, 0.4) is 0 Å². The standard InChI is InChI=1S/C17H23NO2S/c1-5-14(18-12(2)17-7-6-10-21-17)13-8-9-15(19-3)16(11-13)20-4/h6-12,14,18H,5H2,1-4H3/t12-,14?/m1/s1. The van der Waals surface area contributed by atoms with E-state index in [1.54, 1.807) is 25.6 Å². The lowest BCUT2D eigenvalue weighted by atomic mass is 10.0. The minimum atomic E-state index is 0.293. The van der Waals surface area contributed by atoms with Crippen LogP contribution in [0.15, 0.2) is 35.7 Å². The number of benzene rings is 1. The second kappa shape index (κ2) is 7.48. The third-order valence-electron chi connectivity index (χ3n) is 3.64. The molecule has 1 aromatic carbocycles. The maximum Gasteiger partial charge on any atom is 0.161 e. The fraction of sp³-hybridized carbons (Fsp3) is 0.412. The summed E-state index contributed by atoms with van der Waals surface area (Å²) in [5.74, 6) is 1.54. The summed E-state index contributed by atoms with van der Waals surface area (Å²) in [6.45, 7) is 4.39. The maximum atomic E-state index is 5.40. The molecule has 21 heavy (non-hydrogen) atoms. The lowest BCUT2D eigenvalue weighted by Crippen LogP contribution is -2.23. The molecule has 3 nitrogen and oxygen atoms in total. The van der Waals surface area contributed by atoms with Crippen LogP contribution in [0.2, 0.25) is 0 Å². The van der Waals surface area contributed by atoms with Crippen LogP contribution in [0.1, 0.15) is 42.8 Å². The fourth-order valence-corrected chi connectivity index (χ4v) is 3.18. The van der Waals surface area contributed by atoms with E-state index in [4.69, 9.17) is 9.47 Å². The van der Waals surface area contributed by atoms with Crippen molar-refractivity contribution in [2.24, 2.45) is 0 Å². The Bertz CT molecular complexity index is 554. The highest BCUT2D eigenvalue weighted by Crippen LogP contribution is 2.32. The SMILES string of the molecule is CCC(N[C@H](C)c1cccs1)c1ccc(OC)c(OC)c1. The van der Waals surface area contributed by atoms with Gasteiger partial charge < -0.3 is 14.8 Å². The van der Waals surface area contributed by atoms with E-state index in [-0.39, 0.29) is 0 Å². The smallest absolute Gasteiger partial charge is 0.161 e. The van der Waals surface area contributed by atoms with Gasteiger partial charge in [-0.25, -0.2) is 0 Å². The molecule has 0 amide bonds. The number of thiophene rings is 1. The third kappa shape index (κ3) is 3.77. The van der Waals surface area contributed by atoms with Crippen molar-refractivity contribution in [1.29, 1.82) is 0 Å². The van der Waals surface area contributed by atoms with E-state index < -0.39 is 0 Å². The topological polar surface area (TPSA) is 30.5 Å². The highest BCUT2D eigenvalue weighted by molar-refractivity contribution is 7.10. The van der Waals surface area contributed by atoms with Crippen molar-refractivity contribution in [2.45, 2.75) is 32.4 Å². The summed E-state index contributed by atoms with van der Waals surface area (Å²) in [6.07, 6.45) is 1.02. The third-order valence-corrected chi connectivity index (χ3v) is 4.69. The van der Waals surface area contributed by atoms with E-state index in [1.165, 1.54) is 10.4 Å². The van der Waals surface area contributed by atoms with Gasteiger partial charge in [0, 0.05) is 17.0 Å². The number of ether oxygens (including phenoxy) is 2. The molecule has 0 spiro atoms. The van der Waals surface area contributed by atoms with E-state index in [9.17, 15) is 0 Å². The van der Waals surface area contributed by atoms with Crippen LogP contribution < -0.4 is 14.8 Å². The van der Waals surface area contributed by atoms with Crippen LogP contribution in [-0.4, -0.2) is 14.2 Å². The molecule has 1 unspecified atom stereocenters.